The van der Waals surface area contributed by atoms with Gasteiger partial charge in [0.25, 0.3) is 0 Å². The quantitative estimate of drug-likeness (QED) is 0.167. The van der Waals surface area contributed by atoms with Gasteiger partial charge < -0.3 is 14.2 Å². The molecule has 3 heteroatoms. The molecule has 2 aliphatic rings. The smallest absolute Gasteiger partial charge is 0.137 e. The molecule has 0 saturated heterocycles. The number of hydrogen-bond donors (Lipinski definition) is 0. The molecule has 0 N–H and O–H groups in total. The largest absolute Gasteiger partial charge is 0.456 e. The first-order chi connectivity index (χ1) is 30.8. The van der Waals surface area contributed by atoms with Gasteiger partial charge in [-0.1, -0.05) is 152 Å². The van der Waals surface area contributed by atoms with Gasteiger partial charge in [-0.3, -0.25) is 0 Å². The van der Waals surface area contributed by atoms with Gasteiger partial charge in [0.1, 0.15) is 11.2 Å². The lowest BCUT2D eigenvalue weighted by molar-refractivity contribution is 0.669. The Kier molecular flexibility index (Phi) is 7.52. The third-order valence-corrected chi connectivity index (χ3v) is 13.2. The summed E-state index contributed by atoms with van der Waals surface area (Å²) in [5, 5.41) is 4.66. The molecule has 1 spiro atoms. The second-order valence-electron chi connectivity index (χ2n) is 16.4. The van der Waals surface area contributed by atoms with E-state index in [0.29, 0.717) is 0 Å². The first-order valence-corrected chi connectivity index (χ1v) is 21.3. The number of hydrogen-bond acceptors (Lipinski definition) is 3. The summed E-state index contributed by atoms with van der Waals surface area (Å²) in [6.07, 6.45) is 0. The average Bonchev–Trinajstić information content (AvgIpc) is 3.96. The van der Waals surface area contributed by atoms with Crippen LogP contribution in [0.1, 0.15) is 22.3 Å². The number of fused-ring (bicyclic) bond motifs is 15. The summed E-state index contributed by atoms with van der Waals surface area (Å²) in [6.45, 7) is 0. The summed E-state index contributed by atoms with van der Waals surface area (Å²) < 4.78 is 6.53. The van der Waals surface area contributed by atoms with Crippen molar-refractivity contribution in [3.63, 3.8) is 0 Å². The van der Waals surface area contributed by atoms with E-state index in [1.54, 1.807) is 0 Å². The lowest BCUT2D eigenvalue weighted by atomic mass is 9.70. The summed E-state index contributed by atoms with van der Waals surface area (Å²) in [6, 6.07) is 84.0. The van der Waals surface area contributed by atoms with Gasteiger partial charge in [-0.15, -0.1) is 0 Å². The van der Waals surface area contributed by atoms with Crippen molar-refractivity contribution in [3.05, 3.63) is 253 Å². The normalized spacial score (nSPS) is 14.5. The molecule has 0 radical (unpaired) electrons. The highest BCUT2D eigenvalue weighted by Crippen LogP contribution is 2.65. The van der Waals surface area contributed by atoms with E-state index < -0.39 is 5.41 Å². The molecule has 1 aromatic heterocycles. The Morgan fingerprint density at radius 1 is 0.290 bits per heavy atom. The fraction of sp³-hybridized carbons (Fsp3) is 0.0169. The number of anilines is 6. The molecule has 0 bridgehead atoms. The van der Waals surface area contributed by atoms with E-state index in [0.717, 1.165) is 56.1 Å². The van der Waals surface area contributed by atoms with E-state index in [1.165, 1.54) is 55.3 Å². The lowest BCUT2D eigenvalue weighted by Gasteiger charge is -2.33. The first kappa shape index (κ1) is 34.7. The topological polar surface area (TPSA) is 19.6 Å². The third kappa shape index (κ3) is 4.88. The van der Waals surface area contributed by atoms with Crippen LogP contribution in [0.5, 0.6) is 0 Å². The van der Waals surface area contributed by atoms with Crippen molar-refractivity contribution in [2.24, 2.45) is 0 Å². The van der Waals surface area contributed by atoms with Crippen LogP contribution in [-0.2, 0) is 5.41 Å². The second kappa shape index (κ2) is 13.4. The predicted octanol–water partition coefficient (Wildman–Crippen LogP) is 16.0. The number of furan rings is 1. The Morgan fingerprint density at radius 2 is 0.790 bits per heavy atom. The van der Waals surface area contributed by atoms with E-state index in [-0.39, 0.29) is 0 Å². The molecule has 10 aromatic carbocycles. The van der Waals surface area contributed by atoms with Crippen molar-refractivity contribution in [3.8, 4) is 22.3 Å². The number of nitrogens with zero attached hydrogens (tertiary/aromatic N) is 2. The molecule has 0 saturated carbocycles. The standard InChI is InChI=1S/C59H38N2O/c1-4-18-39(19-5-1)60(40-20-6-2-7-21-40)42-33-35-53-50(36-42)44-24-12-15-29-51(44)59(53)52-30-16-13-28-49(52)58-48-27-11-10-25-45(48)55(38-54(58)59)61(41-22-8-3-9-23-41)43-32-34-47-46-26-14-17-31-56(46)62-57(47)37-43/h1-38H. The maximum Gasteiger partial charge on any atom is 0.137 e. The Balaban J connectivity index is 1.10. The molecule has 0 fully saturated rings. The van der Waals surface area contributed by atoms with Crippen LogP contribution in [0.25, 0.3) is 55.0 Å². The maximum absolute atomic E-state index is 6.53. The molecule has 1 atom stereocenters. The molecule has 0 amide bonds. The second-order valence-corrected chi connectivity index (χ2v) is 16.4. The number of rotatable bonds is 6. The van der Waals surface area contributed by atoms with Crippen LogP contribution < -0.4 is 9.80 Å². The summed E-state index contributed by atoms with van der Waals surface area (Å²) >= 11 is 0. The zero-order valence-corrected chi connectivity index (χ0v) is 33.7. The fourth-order valence-electron chi connectivity index (χ4n) is 10.8. The van der Waals surface area contributed by atoms with Crippen molar-refractivity contribution in [2.45, 2.75) is 5.41 Å². The van der Waals surface area contributed by atoms with E-state index in [2.05, 4.69) is 234 Å². The van der Waals surface area contributed by atoms with Gasteiger partial charge in [-0.05, 0) is 123 Å². The highest BCUT2D eigenvalue weighted by molar-refractivity contribution is 6.13. The molecule has 11 aromatic rings. The van der Waals surface area contributed by atoms with Gasteiger partial charge in [0.05, 0.1) is 11.1 Å². The zero-order valence-electron chi connectivity index (χ0n) is 33.7. The fourth-order valence-corrected chi connectivity index (χ4v) is 10.8. The Morgan fingerprint density at radius 3 is 1.50 bits per heavy atom. The van der Waals surface area contributed by atoms with Gasteiger partial charge in [-0.2, -0.15) is 0 Å². The van der Waals surface area contributed by atoms with Crippen LogP contribution in [0, 0.1) is 0 Å². The van der Waals surface area contributed by atoms with Gasteiger partial charge >= 0.3 is 0 Å². The van der Waals surface area contributed by atoms with Crippen LogP contribution in [0.2, 0.25) is 0 Å². The summed E-state index contributed by atoms with van der Waals surface area (Å²) in [4.78, 5) is 4.79. The van der Waals surface area contributed by atoms with Crippen molar-refractivity contribution in [1.29, 1.82) is 0 Å². The molecule has 290 valence electrons. The Labute approximate surface area is 360 Å². The van der Waals surface area contributed by atoms with Crippen molar-refractivity contribution >= 4 is 66.8 Å². The minimum Gasteiger partial charge on any atom is -0.456 e. The molecule has 13 rings (SSSR count). The Bertz CT molecular complexity index is 3500. The van der Waals surface area contributed by atoms with Crippen LogP contribution in [-0.4, -0.2) is 0 Å². The van der Waals surface area contributed by atoms with Crippen LogP contribution in [0.15, 0.2) is 235 Å². The van der Waals surface area contributed by atoms with Crippen LogP contribution in [0.3, 0.4) is 0 Å². The number of benzene rings is 10. The third-order valence-electron chi connectivity index (χ3n) is 13.2. The van der Waals surface area contributed by atoms with Crippen molar-refractivity contribution in [1.82, 2.24) is 0 Å². The molecular weight excluding hydrogens is 753 g/mol. The molecule has 2 aliphatic carbocycles. The maximum atomic E-state index is 6.53. The molecule has 62 heavy (non-hydrogen) atoms. The summed E-state index contributed by atoms with van der Waals surface area (Å²) in [5.74, 6) is 0. The summed E-state index contributed by atoms with van der Waals surface area (Å²) in [7, 11) is 0. The lowest BCUT2D eigenvalue weighted by Crippen LogP contribution is -2.26. The van der Waals surface area contributed by atoms with Gasteiger partial charge in [0.2, 0.25) is 0 Å². The van der Waals surface area contributed by atoms with E-state index in [4.69, 9.17) is 4.42 Å². The van der Waals surface area contributed by atoms with Gasteiger partial charge in [0, 0.05) is 50.7 Å². The Hall–Kier alpha value is -8.14. The highest BCUT2D eigenvalue weighted by Gasteiger charge is 2.52. The number of para-hydroxylation sites is 4. The monoisotopic (exact) mass is 790 g/mol. The van der Waals surface area contributed by atoms with Gasteiger partial charge in [-0.25, -0.2) is 0 Å². The van der Waals surface area contributed by atoms with Gasteiger partial charge in [0.15, 0.2) is 0 Å². The summed E-state index contributed by atoms with van der Waals surface area (Å²) in [5.41, 5.74) is 18.1. The van der Waals surface area contributed by atoms with Crippen molar-refractivity contribution < 1.29 is 4.42 Å². The SMILES string of the molecule is c1ccc(N(c2ccccc2)c2ccc3c(c2)-c2ccccc2C32c3ccccc3-c3c2cc(N(c2ccccc2)c2ccc4c(c2)oc2ccccc24)c2ccccc32)cc1. The molecule has 1 heterocycles. The predicted molar refractivity (Wildman–Crippen MR) is 257 cm³/mol. The minimum absolute atomic E-state index is 0.565. The first-order valence-electron chi connectivity index (χ1n) is 21.3. The van der Waals surface area contributed by atoms with E-state index in [9.17, 15) is 0 Å². The zero-order chi connectivity index (χ0) is 40.8. The molecular formula is C59H38N2O. The molecule has 0 aliphatic heterocycles. The average molecular weight is 791 g/mol. The molecule has 3 nitrogen and oxygen atoms in total. The van der Waals surface area contributed by atoms with E-state index >= 15 is 0 Å². The highest BCUT2D eigenvalue weighted by atomic mass is 16.3. The van der Waals surface area contributed by atoms with Crippen LogP contribution >= 0.6 is 0 Å². The minimum atomic E-state index is -0.565. The van der Waals surface area contributed by atoms with Crippen molar-refractivity contribution in [2.75, 3.05) is 9.80 Å². The van der Waals surface area contributed by atoms with Crippen LogP contribution in [0.4, 0.5) is 34.1 Å². The molecule has 1 unspecified atom stereocenters. The van der Waals surface area contributed by atoms with E-state index in [1.807, 2.05) is 6.07 Å².